The molecule has 1 fully saturated rings. The van der Waals surface area contributed by atoms with Gasteiger partial charge in [-0.15, -0.1) is 10.2 Å². The zero-order valence-corrected chi connectivity index (χ0v) is 22.3. The highest BCUT2D eigenvalue weighted by molar-refractivity contribution is 7.15. The van der Waals surface area contributed by atoms with E-state index < -0.39 is 17.6 Å². The van der Waals surface area contributed by atoms with Crippen molar-refractivity contribution >= 4 is 39.9 Å². The van der Waals surface area contributed by atoms with Crippen LogP contribution in [0.1, 0.15) is 33.2 Å². The molecule has 9 nitrogen and oxygen atoms in total. The van der Waals surface area contributed by atoms with Crippen LogP contribution in [0.5, 0.6) is 5.88 Å². The molecule has 3 aromatic heterocycles. The Labute approximate surface area is 235 Å². The molecule has 0 aliphatic carbocycles. The molecule has 0 saturated carbocycles. The van der Waals surface area contributed by atoms with Crippen LogP contribution in [0, 0.1) is 11.6 Å². The Hall–Kier alpha value is -4.00. The van der Waals surface area contributed by atoms with Gasteiger partial charge < -0.3 is 19.1 Å². The van der Waals surface area contributed by atoms with Crippen molar-refractivity contribution in [1.82, 2.24) is 24.7 Å². The van der Waals surface area contributed by atoms with E-state index in [4.69, 9.17) is 21.1 Å². The van der Waals surface area contributed by atoms with Gasteiger partial charge in [0.1, 0.15) is 24.1 Å². The number of imidazole rings is 1. The summed E-state index contributed by atoms with van der Waals surface area (Å²) < 4.78 is 44.0. The van der Waals surface area contributed by atoms with E-state index in [2.05, 4.69) is 20.2 Å². The summed E-state index contributed by atoms with van der Waals surface area (Å²) in [5.74, 6) is -1.66. The van der Waals surface area contributed by atoms with Crippen molar-refractivity contribution in [2.75, 3.05) is 6.61 Å². The van der Waals surface area contributed by atoms with Crippen LogP contribution in [0.4, 0.5) is 8.78 Å². The minimum absolute atomic E-state index is 0.00612. The third-order valence-electron chi connectivity index (χ3n) is 6.52. The highest BCUT2D eigenvalue weighted by atomic mass is 35.5. The van der Waals surface area contributed by atoms with Crippen LogP contribution in [-0.2, 0) is 24.3 Å². The molecular formula is C27H20ClF2N5O4S. The zero-order valence-electron chi connectivity index (χ0n) is 20.7. The minimum Gasteiger partial charge on any atom is -0.478 e. The summed E-state index contributed by atoms with van der Waals surface area (Å²) >= 11 is 6.95. The Kier molecular flexibility index (Phi) is 7.13. The van der Waals surface area contributed by atoms with Crippen LogP contribution in [-0.4, -0.2) is 48.5 Å². The molecule has 1 N–H and O–H groups in total. The predicted molar refractivity (Wildman–Crippen MR) is 143 cm³/mol. The summed E-state index contributed by atoms with van der Waals surface area (Å²) in [6.07, 6.45) is 0.783. The number of carboxylic acids is 1. The molecule has 13 heteroatoms. The number of hydrogen-bond donors (Lipinski definition) is 1. The van der Waals surface area contributed by atoms with E-state index in [1.165, 1.54) is 23.5 Å². The van der Waals surface area contributed by atoms with Crippen LogP contribution in [0.3, 0.4) is 0 Å². The Morgan fingerprint density at radius 1 is 1.15 bits per heavy atom. The van der Waals surface area contributed by atoms with E-state index >= 15 is 8.78 Å². The van der Waals surface area contributed by atoms with Crippen molar-refractivity contribution in [1.29, 1.82) is 0 Å². The maximum absolute atomic E-state index is 15.4. The Balaban J connectivity index is 1.28. The fraction of sp³-hybridized carbons (Fsp3) is 0.222. The van der Waals surface area contributed by atoms with Crippen LogP contribution in [0.25, 0.3) is 22.3 Å². The van der Waals surface area contributed by atoms with Gasteiger partial charge >= 0.3 is 5.97 Å². The molecule has 0 radical (unpaired) electrons. The normalized spacial score (nSPS) is 14.8. The number of ether oxygens (including phenoxy) is 2. The molecule has 1 atom stereocenters. The molecular weight excluding hydrogens is 564 g/mol. The van der Waals surface area contributed by atoms with Crippen molar-refractivity contribution in [3.05, 3.63) is 86.6 Å². The van der Waals surface area contributed by atoms with Crippen molar-refractivity contribution in [3.8, 4) is 17.1 Å². The standard InChI is InChI=1S/C27H20ClF2N5O4S/c28-27-34-33-25(40-27)13-39-24-3-1-2-20(32-24)17-11-18(29)15(8-19(17)30)10-23-31-21-5-4-14(26(36)37)9-22(21)35(23)12-16-6-7-38-16/h1-5,8-9,11,16H,6-7,10,12-13H2,(H,36,37). The Bertz CT molecular complexity index is 1740. The van der Waals surface area contributed by atoms with Gasteiger partial charge in [0.25, 0.3) is 0 Å². The van der Waals surface area contributed by atoms with Gasteiger partial charge in [0.15, 0.2) is 5.01 Å². The first-order chi connectivity index (χ1) is 19.3. The lowest BCUT2D eigenvalue weighted by molar-refractivity contribution is -0.0589. The quantitative estimate of drug-likeness (QED) is 0.241. The van der Waals surface area contributed by atoms with Crippen LogP contribution >= 0.6 is 22.9 Å². The van der Waals surface area contributed by atoms with E-state index in [0.717, 1.165) is 18.6 Å². The number of carboxylic acid groups (broad SMARTS) is 1. The number of carbonyl (C=O) groups is 1. The molecule has 0 bridgehead atoms. The molecule has 1 aliphatic heterocycles. The maximum atomic E-state index is 15.4. The summed E-state index contributed by atoms with van der Waals surface area (Å²) in [4.78, 5) is 20.4. The number of benzene rings is 2. The van der Waals surface area contributed by atoms with Crippen molar-refractivity contribution in [3.63, 3.8) is 0 Å². The average molecular weight is 584 g/mol. The molecule has 6 rings (SSSR count). The summed E-state index contributed by atoms with van der Waals surface area (Å²) in [5, 5.41) is 17.6. The van der Waals surface area contributed by atoms with Gasteiger partial charge in [-0.25, -0.2) is 23.5 Å². The van der Waals surface area contributed by atoms with E-state index in [9.17, 15) is 9.90 Å². The zero-order chi connectivity index (χ0) is 27.8. The van der Waals surface area contributed by atoms with Crippen LogP contribution < -0.4 is 4.74 Å². The number of halogens is 3. The highest BCUT2D eigenvalue weighted by Gasteiger charge is 2.23. The number of aromatic nitrogens is 5. The lowest BCUT2D eigenvalue weighted by Gasteiger charge is -2.27. The van der Waals surface area contributed by atoms with Gasteiger partial charge in [-0.2, -0.15) is 0 Å². The third-order valence-corrected chi connectivity index (χ3v) is 7.52. The number of pyridine rings is 1. The molecule has 40 heavy (non-hydrogen) atoms. The molecule has 0 spiro atoms. The van der Waals surface area contributed by atoms with Crippen molar-refractivity contribution in [2.24, 2.45) is 0 Å². The summed E-state index contributed by atoms with van der Waals surface area (Å²) in [5.41, 5.74) is 1.56. The van der Waals surface area contributed by atoms with Gasteiger partial charge in [-0.3, -0.25) is 0 Å². The minimum atomic E-state index is -1.06. The monoisotopic (exact) mass is 583 g/mol. The summed E-state index contributed by atoms with van der Waals surface area (Å²) in [6.45, 7) is 1.15. The Morgan fingerprint density at radius 3 is 2.73 bits per heavy atom. The van der Waals surface area contributed by atoms with Gasteiger partial charge in [-0.05, 0) is 60.0 Å². The van der Waals surface area contributed by atoms with Crippen molar-refractivity contribution < 1.29 is 28.2 Å². The smallest absolute Gasteiger partial charge is 0.335 e. The number of hydrogen-bond acceptors (Lipinski definition) is 8. The number of rotatable bonds is 9. The van der Waals surface area contributed by atoms with E-state index in [0.29, 0.717) is 35.0 Å². The van der Waals surface area contributed by atoms with E-state index in [1.807, 2.05) is 4.57 Å². The largest absolute Gasteiger partial charge is 0.478 e. The first-order valence-electron chi connectivity index (χ1n) is 12.2. The van der Waals surface area contributed by atoms with E-state index in [1.54, 1.807) is 24.3 Å². The van der Waals surface area contributed by atoms with Crippen molar-refractivity contribution in [2.45, 2.75) is 32.1 Å². The molecule has 0 amide bonds. The van der Waals surface area contributed by atoms with Gasteiger partial charge in [-0.1, -0.05) is 17.4 Å². The second kappa shape index (κ2) is 10.9. The molecule has 5 aromatic rings. The molecule has 4 heterocycles. The topological polar surface area (TPSA) is 112 Å². The SMILES string of the molecule is O=C(O)c1ccc2nc(Cc3cc(F)c(-c4cccc(OCc5nnc(Cl)s5)n4)cc3F)n(CC3CCO3)c2c1. The molecule has 1 unspecified atom stereocenters. The highest BCUT2D eigenvalue weighted by Crippen LogP contribution is 2.29. The van der Waals surface area contributed by atoms with Crippen LogP contribution in [0.15, 0.2) is 48.5 Å². The summed E-state index contributed by atoms with van der Waals surface area (Å²) in [6, 6.07) is 11.6. The maximum Gasteiger partial charge on any atom is 0.335 e. The fourth-order valence-electron chi connectivity index (χ4n) is 4.44. The molecule has 1 aliphatic rings. The molecule has 1 saturated heterocycles. The number of aromatic carboxylic acids is 1. The van der Waals surface area contributed by atoms with Gasteiger partial charge in [0.2, 0.25) is 10.3 Å². The lowest BCUT2D eigenvalue weighted by Crippen LogP contribution is -2.31. The van der Waals surface area contributed by atoms with Gasteiger partial charge in [0.05, 0.1) is 34.9 Å². The third kappa shape index (κ3) is 5.37. The molecule has 204 valence electrons. The first kappa shape index (κ1) is 26.2. The lowest BCUT2D eigenvalue weighted by atomic mass is 10.0. The van der Waals surface area contributed by atoms with E-state index in [-0.39, 0.29) is 51.9 Å². The second-order valence-corrected chi connectivity index (χ2v) is 10.8. The Morgan fingerprint density at radius 2 is 2.00 bits per heavy atom. The summed E-state index contributed by atoms with van der Waals surface area (Å²) in [7, 11) is 0. The molecule has 2 aromatic carbocycles. The fourth-order valence-corrected chi connectivity index (χ4v) is 5.22. The first-order valence-corrected chi connectivity index (χ1v) is 13.4. The van der Waals surface area contributed by atoms with Crippen LogP contribution in [0.2, 0.25) is 4.47 Å². The number of nitrogens with zero attached hydrogens (tertiary/aromatic N) is 5. The van der Waals surface area contributed by atoms with Gasteiger partial charge in [0, 0.05) is 24.7 Å². The number of fused-ring (bicyclic) bond motifs is 1. The second-order valence-electron chi connectivity index (χ2n) is 9.13. The predicted octanol–water partition coefficient (Wildman–Crippen LogP) is 5.54. The average Bonchev–Trinajstić information content (AvgIpc) is 3.49.